The number of benzene rings is 2. The molecule has 0 atom stereocenters. The van der Waals surface area contributed by atoms with Crippen molar-refractivity contribution in [1.82, 2.24) is 4.98 Å². The largest absolute Gasteiger partial charge is 0.422 e. The Bertz CT molecular complexity index is 1150. The van der Waals surface area contributed by atoms with Crippen LogP contribution < -0.4 is 11.2 Å². The lowest BCUT2D eigenvalue weighted by atomic mass is 10.0. The van der Waals surface area contributed by atoms with Crippen LogP contribution in [0.5, 0.6) is 0 Å². The Balaban J connectivity index is 2.14. The van der Waals surface area contributed by atoms with Gasteiger partial charge in [0.2, 0.25) is 0 Å². The van der Waals surface area contributed by atoms with Gasteiger partial charge in [-0.3, -0.25) is 4.79 Å². The predicted octanol–water partition coefficient (Wildman–Crippen LogP) is 3.61. The van der Waals surface area contributed by atoms with Gasteiger partial charge in [0.15, 0.2) is 0 Å². The van der Waals surface area contributed by atoms with Crippen molar-refractivity contribution in [3.8, 4) is 11.3 Å². The summed E-state index contributed by atoms with van der Waals surface area (Å²) in [4.78, 5) is 27.3. The maximum absolute atomic E-state index is 12.4. The van der Waals surface area contributed by atoms with Gasteiger partial charge in [-0.15, -0.1) is 0 Å². The van der Waals surface area contributed by atoms with Crippen LogP contribution in [0.25, 0.3) is 33.0 Å². The Kier molecular flexibility index (Phi) is 2.91. The molecule has 4 aromatic rings. The molecule has 2 heterocycles. The first-order valence-electron chi connectivity index (χ1n) is 7.29. The van der Waals surface area contributed by atoms with Gasteiger partial charge in [-0.1, -0.05) is 48.0 Å². The van der Waals surface area contributed by atoms with E-state index in [4.69, 9.17) is 4.42 Å². The van der Waals surface area contributed by atoms with E-state index in [0.29, 0.717) is 16.7 Å². The first kappa shape index (κ1) is 13.5. The molecule has 2 aromatic heterocycles. The van der Waals surface area contributed by atoms with Crippen LogP contribution in [0.3, 0.4) is 0 Å². The first-order valence-corrected chi connectivity index (χ1v) is 7.29. The van der Waals surface area contributed by atoms with Crippen LogP contribution in [0, 0.1) is 6.92 Å². The molecule has 0 amide bonds. The zero-order valence-electron chi connectivity index (χ0n) is 12.4. The molecule has 4 rings (SSSR count). The third-order valence-corrected chi connectivity index (χ3v) is 3.98. The molecule has 0 bridgehead atoms. The van der Waals surface area contributed by atoms with E-state index in [1.807, 2.05) is 49.4 Å². The van der Waals surface area contributed by atoms with Gasteiger partial charge in [0, 0.05) is 16.5 Å². The molecule has 0 aliphatic rings. The third kappa shape index (κ3) is 2.16. The second kappa shape index (κ2) is 4.95. The second-order valence-electron chi connectivity index (χ2n) is 5.55. The second-order valence-corrected chi connectivity index (χ2v) is 5.55. The molecule has 0 aliphatic carbocycles. The van der Waals surface area contributed by atoms with Crippen LogP contribution in [0.1, 0.15) is 5.56 Å². The Morgan fingerprint density at radius 3 is 2.43 bits per heavy atom. The van der Waals surface area contributed by atoms with Crippen molar-refractivity contribution in [1.29, 1.82) is 0 Å². The molecule has 0 aliphatic heterocycles. The van der Waals surface area contributed by atoms with E-state index in [-0.39, 0.29) is 5.39 Å². The minimum Gasteiger partial charge on any atom is -0.422 e. The number of fused-ring (bicyclic) bond motifs is 3. The lowest BCUT2D eigenvalue weighted by Crippen LogP contribution is -2.16. The third-order valence-electron chi connectivity index (χ3n) is 3.98. The van der Waals surface area contributed by atoms with E-state index in [9.17, 15) is 9.59 Å². The van der Waals surface area contributed by atoms with Gasteiger partial charge in [-0.05, 0) is 24.6 Å². The van der Waals surface area contributed by atoms with Crippen molar-refractivity contribution in [2.75, 3.05) is 0 Å². The highest BCUT2D eigenvalue weighted by atomic mass is 16.4. The average molecular weight is 303 g/mol. The Hall–Kier alpha value is -3.14. The molecule has 0 spiro atoms. The highest BCUT2D eigenvalue weighted by Gasteiger charge is 2.12. The molecule has 0 radical (unpaired) electrons. The first-order chi connectivity index (χ1) is 11.1. The lowest BCUT2D eigenvalue weighted by Gasteiger charge is -2.06. The highest BCUT2D eigenvalue weighted by molar-refractivity contribution is 6.04. The number of para-hydroxylation sites is 1. The smallest absolute Gasteiger partial charge is 0.349 e. The van der Waals surface area contributed by atoms with Crippen LogP contribution in [-0.4, -0.2) is 4.98 Å². The predicted molar refractivity (Wildman–Crippen MR) is 90.8 cm³/mol. The molecular formula is C19H13NO3. The van der Waals surface area contributed by atoms with Crippen LogP contribution in [0.2, 0.25) is 0 Å². The van der Waals surface area contributed by atoms with Crippen LogP contribution in [0.15, 0.2) is 68.6 Å². The minimum atomic E-state index is -0.615. The van der Waals surface area contributed by atoms with Gasteiger partial charge < -0.3 is 9.40 Å². The fourth-order valence-electron chi connectivity index (χ4n) is 2.79. The van der Waals surface area contributed by atoms with Crippen molar-refractivity contribution in [2.45, 2.75) is 6.92 Å². The number of aromatic amines is 1. The summed E-state index contributed by atoms with van der Waals surface area (Å²) in [6.45, 7) is 2.01. The molecule has 2 aromatic carbocycles. The van der Waals surface area contributed by atoms with E-state index in [1.54, 1.807) is 12.1 Å². The molecule has 4 nitrogen and oxygen atoms in total. The van der Waals surface area contributed by atoms with Crippen molar-refractivity contribution >= 4 is 21.7 Å². The van der Waals surface area contributed by atoms with Crippen LogP contribution >= 0.6 is 0 Å². The molecule has 4 heteroatoms. The number of nitrogens with one attached hydrogen (secondary N) is 1. The average Bonchev–Trinajstić information content (AvgIpc) is 2.55. The van der Waals surface area contributed by atoms with Gasteiger partial charge in [0.25, 0.3) is 5.56 Å². The highest BCUT2D eigenvalue weighted by Crippen LogP contribution is 2.24. The van der Waals surface area contributed by atoms with E-state index >= 15 is 0 Å². The van der Waals surface area contributed by atoms with Crippen molar-refractivity contribution < 1.29 is 4.42 Å². The molecule has 1 N–H and O–H groups in total. The number of pyridine rings is 1. The Labute approximate surface area is 131 Å². The van der Waals surface area contributed by atoms with E-state index in [2.05, 4.69) is 4.98 Å². The fourth-order valence-corrected chi connectivity index (χ4v) is 2.79. The van der Waals surface area contributed by atoms with Crippen LogP contribution in [0.4, 0.5) is 0 Å². The normalized spacial score (nSPS) is 11.2. The number of aryl methyl sites for hydroxylation is 1. The zero-order valence-corrected chi connectivity index (χ0v) is 12.4. The summed E-state index contributed by atoms with van der Waals surface area (Å²) >= 11 is 0. The van der Waals surface area contributed by atoms with E-state index in [0.717, 1.165) is 16.5 Å². The molecule has 0 saturated carbocycles. The van der Waals surface area contributed by atoms with Gasteiger partial charge in [-0.2, -0.15) is 0 Å². The molecule has 0 unspecified atom stereocenters. The fraction of sp³-hybridized carbons (Fsp3) is 0.0526. The minimum absolute atomic E-state index is 0.0551. The number of rotatable bonds is 1. The molecule has 0 fully saturated rings. The number of hydrogen-bond acceptors (Lipinski definition) is 3. The maximum atomic E-state index is 12.4. The monoisotopic (exact) mass is 303 g/mol. The Morgan fingerprint density at radius 1 is 0.913 bits per heavy atom. The van der Waals surface area contributed by atoms with E-state index in [1.165, 1.54) is 0 Å². The van der Waals surface area contributed by atoms with Crippen molar-refractivity contribution in [3.05, 3.63) is 80.9 Å². The molecule has 23 heavy (non-hydrogen) atoms. The summed E-state index contributed by atoms with van der Waals surface area (Å²) in [6, 6.07) is 16.9. The lowest BCUT2D eigenvalue weighted by molar-refractivity contribution is 0.569. The molecule has 0 saturated heterocycles. The number of hydrogen-bond donors (Lipinski definition) is 1. The van der Waals surface area contributed by atoms with Crippen LogP contribution in [-0.2, 0) is 0 Å². The SMILES string of the molecule is Cc1ccc(-c2cc3c(c(=O)[nH]2)c(=O)oc2ccccc23)cc1. The number of aromatic nitrogens is 1. The molecule has 112 valence electrons. The summed E-state index contributed by atoms with van der Waals surface area (Å²) in [7, 11) is 0. The van der Waals surface area contributed by atoms with Gasteiger partial charge in [0.1, 0.15) is 11.0 Å². The summed E-state index contributed by atoms with van der Waals surface area (Å²) in [6.07, 6.45) is 0. The van der Waals surface area contributed by atoms with Gasteiger partial charge >= 0.3 is 5.63 Å². The molecular weight excluding hydrogens is 290 g/mol. The Morgan fingerprint density at radius 2 is 1.65 bits per heavy atom. The standard InChI is InChI=1S/C19H13NO3/c1-11-6-8-12(9-7-11)15-10-14-13-4-2-3-5-16(13)23-19(22)17(14)18(21)20-15/h2-10H,1H3,(H,20,21). The summed E-state index contributed by atoms with van der Waals surface area (Å²) in [5.41, 5.74) is 2.14. The summed E-state index contributed by atoms with van der Waals surface area (Å²) < 4.78 is 5.24. The topological polar surface area (TPSA) is 63.1 Å². The summed E-state index contributed by atoms with van der Waals surface area (Å²) in [5, 5.41) is 1.41. The summed E-state index contributed by atoms with van der Waals surface area (Å²) in [5.74, 6) is 0. The quantitative estimate of drug-likeness (QED) is 0.431. The van der Waals surface area contributed by atoms with Gasteiger partial charge in [0.05, 0.1) is 0 Å². The number of H-pyrrole nitrogens is 1. The van der Waals surface area contributed by atoms with Crippen molar-refractivity contribution in [2.24, 2.45) is 0 Å². The zero-order chi connectivity index (χ0) is 16.0. The van der Waals surface area contributed by atoms with Gasteiger partial charge in [-0.25, -0.2) is 4.79 Å². The maximum Gasteiger partial charge on any atom is 0.349 e. The van der Waals surface area contributed by atoms with E-state index < -0.39 is 11.2 Å². The van der Waals surface area contributed by atoms with Crippen molar-refractivity contribution in [3.63, 3.8) is 0 Å².